The number of nitrogens with one attached hydrogen (secondary N) is 2. The van der Waals surface area contributed by atoms with Gasteiger partial charge in [0.25, 0.3) is 0 Å². The summed E-state index contributed by atoms with van der Waals surface area (Å²) >= 11 is 0. The van der Waals surface area contributed by atoms with Crippen LogP contribution in [-0.4, -0.2) is 20.9 Å². The Morgan fingerprint density at radius 2 is 1.93 bits per heavy atom. The van der Waals surface area contributed by atoms with Gasteiger partial charge in [-0.25, -0.2) is 4.98 Å². The summed E-state index contributed by atoms with van der Waals surface area (Å²) in [5, 5.41) is 3.89. The number of anilines is 1. The van der Waals surface area contributed by atoms with Crippen LogP contribution in [0.15, 0.2) is 67.6 Å². The summed E-state index contributed by atoms with van der Waals surface area (Å²) < 4.78 is 0. The van der Waals surface area contributed by atoms with Crippen LogP contribution in [0.1, 0.15) is 11.3 Å². The summed E-state index contributed by atoms with van der Waals surface area (Å²) in [6.45, 7) is 7.58. The van der Waals surface area contributed by atoms with Crippen molar-refractivity contribution in [3.8, 4) is 22.3 Å². The standard InChI is InChI=1S/C23H20N4O/c1-4-21(28)27-18-7-5-6-16(11-18)19-12-25-23-22(15(19)3)20(13-26-23)17-8-9-24-14(2)10-17/h4-13H,1H2,2-3H3,(H,25,26)(H,27,28). The molecule has 0 aliphatic rings. The Labute approximate surface area is 163 Å². The largest absolute Gasteiger partial charge is 0.346 e. The Balaban J connectivity index is 1.85. The highest BCUT2D eigenvalue weighted by Crippen LogP contribution is 2.35. The van der Waals surface area contributed by atoms with Gasteiger partial charge in [0.1, 0.15) is 5.65 Å². The van der Waals surface area contributed by atoms with Gasteiger partial charge in [0.2, 0.25) is 5.91 Å². The lowest BCUT2D eigenvalue weighted by Gasteiger charge is -2.11. The van der Waals surface area contributed by atoms with Crippen molar-refractivity contribution in [3.63, 3.8) is 0 Å². The van der Waals surface area contributed by atoms with E-state index in [1.165, 1.54) is 6.08 Å². The molecule has 3 heterocycles. The fourth-order valence-electron chi connectivity index (χ4n) is 3.44. The molecule has 0 fully saturated rings. The molecule has 0 aliphatic carbocycles. The Bertz CT molecular complexity index is 1210. The van der Waals surface area contributed by atoms with E-state index in [9.17, 15) is 4.79 Å². The maximum absolute atomic E-state index is 11.6. The van der Waals surface area contributed by atoms with Crippen LogP contribution in [-0.2, 0) is 4.79 Å². The smallest absolute Gasteiger partial charge is 0.247 e. The molecule has 0 atom stereocenters. The zero-order chi connectivity index (χ0) is 19.7. The first-order chi connectivity index (χ1) is 13.6. The monoisotopic (exact) mass is 368 g/mol. The van der Waals surface area contributed by atoms with E-state index in [1.54, 1.807) is 0 Å². The number of fused-ring (bicyclic) bond motifs is 1. The topological polar surface area (TPSA) is 70.7 Å². The Morgan fingerprint density at radius 1 is 1.11 bits per heavy atom. The van der Waals surface area contributed by atoms with Crippen molar-refractivity contribution in [2.75, 3.05) is 5.32 Å². The fraction of sp³-hybridized carbons (Fsp3) is 0.0870. The molecule has 2 N–H and O–H groups in total. The summed E-state index contributed by atoms with van der Waals surface area (Å²) in [6, 6.07) is 11.8. The zero-order valence-electron chi connectivity index (χ0n) is 15.8. The average Bonchev–Trinajstić information content (AvgIpc) is 3.13. The number of aromatic nitrogens is 3. The fourth-order valence-corrected chi connectivity index (χ4v) is 3.44. The van der Waals surface area contributed by atoms with E-state index < -0.39 is 0 Å². The quantitative estimate of drug-likeness (QED) is 0.496. The lowest BCUT2D eigenvalue weighted by atomic mass is 9.96. The molecule has 0 bridgehead atoms. The molecule has 138 valence electrons. The van der Waals surface area contributed by atoms with Crippen molar-refractivity contribution in [3.05, 3.63) is 78.9 Å². The minimum atomic E-state index is -0.233. The van der Waals surface area contributed by atoms with Gasteiger partial charge in [0.05, 0.1) is 0 Å². The summed E-state index contributed by atoms with van der Waals surface area (Å²) in [6.07, 6.45) is 6.93. The van der Waals surface area contributed by atoms with Crippen LogP contribution in [0, 0.1) is 13.8 Å². The van der Waals surface area contributed by atoms with Crippen LogP contribution in [0.5, 0.6) is 0 Å². The van der Waals surface area contributed by atoms with Gasteiger partial charge in [0.15, 0.2) is 0 Å². The van der Waals surface area contributed by atoms with Crippen LogP contribution >= 0.6 is 0 Å². The third-order valence-corrected chi connectivity index (χ3v) is 4.80. The summed E-state index contributed by atoms with van der Waals surface area (Å²) in [5.41, 5.74) is 7.89. The second-order valence-electron chi connectivity index (χ2n) is 6.68. The number of pyridine rings is 2. The molecule has 4 rings (SSSR count). The molecule has 3 aromatic heterocycles. The summed E-state index contributed by atoms with van der Waals surface area (Å²) in [4.78, 5) is 23.8. The van der Waals surface area contributed by atoms with Crippen molar-refractivity contribution < 1.29 is 4.79 Å². The average molecular weight is 368 g/mol. The van der Waals surface area contributed by atoms with Crippen molar-refractivity contribution in [1.82, 2.24) is 15.0 Å². The minimum Gasteiger partial charge on any atom is -0.346 e. The third kappa shape index (κ3) is 3.18. The Kier molecular flexibility index (Phi) is 4.49. The highest BCUT2D eigenvalue weighted by molar-refractivity contribution is 6.01. The number of amides is 1. The molecule has 0 saturated heterocycles. The zero-order valence-corrected chi connectivity index (χ0v) is 15.8. The molecule has 1 aromatic carbocycles. The highest BCUT2D eigenvalue weighted by Gasteiger charge is 2.14. The molecule has 4 aromatic rings. The summed E-state index contributed by atoms with van der Waals surface area (Å²) in [5.74, 6) is -0.233. The van der Waals surface area contributed by atoms with Crippen molar-refractivity contribution in [2.45, 2.75) is 13.8 Å². The predicted octanol–water partition coefficient (Wildman–Crippen LogP) is 5.03. The number of nitrogens with zero attached hydrogens (tertiary/aromatic N) is 2. The van der Waals surface area contributed by atoms with Gasteiger partial charge in [-0.1, -0.05) is 18.7 Å². The van der Waals surface area contributed by atoms with Crippen LogP contribution in [0.2, 0.25) is 0 Å². The van der Waals surface area contributed by atoms with E-state index in [2.05, 4.69) is 39.8 Å². The van der Waals surface area contributed by atoms with Gasteiger partial charge >= 0.3 is 0 Å². The number of rotatable bonds is 4. The van der Waals surface area contributed by atoms with Crippen LogP contribution in [0.4, 0.5) is 5.69 Å². The minimum absolute atomic E-state index is 0.233. The van der Waals surface area contributed by atoms with E-state index in [1.807, 2.05) is 55.8 Å². The molecule has 0 radical (unpaired) electrons. The molecule has 28 heavy (non-hydrogen) atoms. The number of benzene rings is 1. The van der Waals surface area contributed by atoms with E-state index in [0.717, 1.165) is 50.2 Å². The lowest BCUT2D eigenvalue weighted by molar-refractivity contribution is -0.111. The SMILES string of the molecule is C=CC(=O)Nc1cccc(-c2cnc3[nH]cc(-c4ccnc(C)c4)c3c2C)c1. The molecule has 1 amide bonds. The van der Waals surface area contributed by atoms with E-state index in [0.29, 0.717) is 0 Å². The Hall–Kier alpha value is -3.73. The number of H-pyrrole nitrogens is 1. The normalized spacial score (nSPS) is 10.8. The summed E-state index contributed by atoms with van der Waals surface area (Å²) in [7, 11) is 0. The van der Waals surface area contributed by atoms with Gasteiger partial charge in [-0.2, -0.15) is 0 Å². The second-order valence-corrected chi connectivity index (χ2v) is 6.68. The van der Waals surface area contributed by atoms with Crippen molar-refractivity contribution in [1.29, 1.82) is 0 Å². The van der Waals surface area contributed by atoms with E-state index in [-0.39, 0.29) is 5.91 Å². The molecular weight excluding hydrogens is 348 g/mol. The van der Waals surface area contributed by atoms with Crippen molar-refractivity contribution in [2.24, 2.45) is 0 Å². The van der Waals surface area contributed by atoms with Gasteiger partial charge in [-0.3, -0.25) is 9.78 Å². The van der Waals surface area contributed by atoms with E-state index in [4.69, 9.17) is 0 Å². The third-order valence-electron chi connectivity index (χ3n) is 4.80. The van der Waals surface area contributed by atoms with Gasteiger partial charge in [0, 0.05) is 46.5 Å². The molecule has 0 unspecified atom stereocenters. The maximum atomic E-state index is 11.6. The number of hydrogen-bond acceptors (Lipinski definition) is 3. The first-order valence-electron chi connectivity index (χ1n) is 9.00. The van der Waals surface area contributed by atoms with Gasteiger partial charge in [-0.05, 0) is 60.9 Å². The lowest BCUT2D eigenvalue weighted by Crippen LogP contribution is -2.07. The first-order valence-corrected chi connectivity index (χ1v) is 9.00. The molecule has 5 heteroatoms. The molecule has 0 aliphatic heterocycles. The molecular formula is C23H20N4O. The number of carbonyl (C=O) groups excluding carboxylic acids is 1. The number of aryl methyl sites for hydroxylation is 2. The molecule has 0 saturated carbocycles. The van der Waals surface area contributed by atoms with Crippen LogP contribution in [0.3, 0.4) is 0 Å². The van der Waals surface area contributed by atoms with Crippen LogP contribution in [0.25, 0.3) is 33.3 Å². The number of aromatic amines is 1. The Morgan fingerprint density at radius 3 is 2.71 bits per heavy atom. The molecule has 5 nitrogen and oxygen atoms in total. The van der Waals surface area contributed by atoms with Gasteiger partial charge < -0.3 is 10.3 Å². The van der Waals surface area contributed by atoms with Crippen molar-refractivity contribution >= 4 is 22.6 Å². The van der Waals surface area contributed by atoms with Gasteiger partial charge in [-0.15, -0.1) is 0 Å². The first kappa shape index (κ1) is 17.7. The highest BCUT2D eigenvalue weighted by atomic mass is 16.1. The number of carbonyl (C=O) groups is 1. The number of hydrogen-bond donors (Lipinski definition) is 2. The van der Waals surface area contributed by atoms with Crippen LogP contribution < -0.4 is 5.32 Å². The second kappa shape index (κ2) is 7.12. The maximum Gasteiger partial charge on any atom is 0.247 e. The van der Waals surface area contributed by atoms with E-state index >= 15 is 0 Å². The molecule has 0 spiro atoms. The predicted molar refractivity (Wildman–Crippen MR) is 113 cm³/mol.